The molecule has 0 bridgehead atoms. The Morgan fingerprint density at radius 2 is 1.56 bits per heavy atom. The largest absolute Gasteiger partial charge is 0.376 e. The van der Waals surface area contributed by atoms with Crippen LogP contribution in [0.4, 0.5) is 17.2 Å². The molecule has 3 N–H and O–H groups in total. The molecule has 0 radical (unpaired) electrons. The predicted octanol–water partition coefficient (Wildman–Crippen LogP) is 6.33. The number of likely N-dealkylation sites (tertiary alicyclic amines) is 1. The van der Waals surface area contributed by atoms with E-state index in [9.17, 15) is 9.59 Å². The van der Waals surface area contributed by atoms with Gasteiger partial charge in [0.1, 0.15) is 11.7 Å². The minimum absolute atomic E-state index is 0.324. The van der Waals surface area contributed by atoms with Gasteiger partial charge >= 0.3 is 0 Å². The van der Waals surface area contributed by atoms with Crippen LogP contribution in [-0.4, -0.2) is 54.7 Å². The van der Waals surface area contributed by atoms with Crippen LogP contribution in [0.1, 0.15) is 56.7 Å². The molecule has 4 rings (SSSR count). The Kier molecular flexibility index (Phi) is 10.2. The van der Waals surface area contributed by atoms with Gasteiger partial charge < -0.3 is 20.4 Å². The molecule has 1 fully saturated rings. The monoisotopic (exact) mass is 750 g/mol. The second-order valence-electron chi connectivity index (χ2n) is 9.63. The van der Waals surface area contributed by atoms with E-state index < -0.39 is 0 Å². The van der Waals surface area contributed by atoms with E-state index in [-0.39, 0.29) is 11.8 Å². The molecule has 8 nitrogen and oxygen atoms in total. The van der Waals surface area contributed by atoms with Crippen molar-refractivity contribution in [3.63, 3.8) is 0 Å². The summed E-state index contributed by atoms with van der Waals surface area (Å²) in [6.07, 6.45) is 5.15. The van der Waals surface area contributed by atoms with Crippen LogP contribution in [0.25, 0.3) is 0 Å². The van der Waals surface area contributed by atoms with Gasteiger partial charge in [-0.3, -0.25) is 15.0 Å². The molecule has 0 saturated carbocycles. The fourth-order valence-electron chi connectivity index (χ4n) is 4.45. The molecule has 1 saturated heterocycles. The van der Waals surface area contributed by atoms with E-state index in [2.05, 4.69) is 65.7 Å². The van der Waals surface area contributed by atoms with Crippen LogP contribution in [0.2, 0.25) is 0 Å². The first-order valence-electron chi connectivity index (χ1n) is 12.8. The summed E-state index contributed by atoms with van der Waals surface area (Å²) in [6.45, 7) is 1.79. The number of halogens is 2. The van der Waals surface area contributed by atoms with Gasteiger partial charge in [-0.2, -0.15) is 0 Å². The zero-order valence-corrected chi connectivity index (χ0v) is 26.4. The molecule has 10 heteroatoms. The maximum Gasteiger partial charge on any atom is 0.259 e. The van der Waals surface area contributed by atoms with Crippen molar-refractivity contribution < 1.29 is 9.59 Å². The molecule has 1 aromatic heterocycles. The number of carbonyl (C=O) groups is 2. The zero-order chi connectivity index (χ0) is 27.9. The van der Waals surface area contributed by atoms with Crippen LogP contribution in [0, 0.1) is 5.41 Å². The fraction of sp³-hybridized carbons (Fsp3) is 0.310. The minimum atomic E-state index is -0.347. The van der Waals surface area contributed by atoms with Gasteiger partial charge in [-0.15, -0.1) is 0 Å². The first-order chi connectivity index (χ1) is 18.8. The third-order valence-corrected chi connectivity index (χ3v) is 8.37. The standard InChI is InChI=1S/C29H32I2N6O2/c1-36(2)24-15-20(17-31)14-23(29(39)34-25-11-6-19(16-30)18-33-25)26(24)35-28(38)22-9-7-21(8-10-22)27(32)37-12-4-3-5-13-37/h6-11,14-15,18,32H,3-5,12-13,16-17H2,1-2H3,(H,35,38)(H,33,34,39). The number of alkyl halides is 2. The van der Waals surface area contributed by atoms with Crippen molar-refractivity contribution in [1.29, 1.82) is 5.41 Å². The number of hydrogen-bond acceptors (Lipinski definition) is 5. The summed E-state index contributed by atoms with van der Waals surface area (Å²) >= 11 is 4.53. The van der Waals surface area contributed by atoms with E-state index in [4.69, 9.17) is 5.41 Å². The van der Waals surface area contributed by atoms with Crippen LogP contribution in [0.15, 0.2) is 54.7 Å². The normalized spacial score (nSPS) is 13.1. The van der Waals surface area contributed by atoms with Crippen molar-refractivity contribution in [1.82, 2.24) is 9.88 Å². The molecule has 1 aliphatic heterocycles. The van der Waals surface area contributed by atoms with Crippen LogP contribution in [-0.2, 0) is 8.86 Å². The molecular weight excluding hydrogens is 718 g/mol. The van der Waals surface area contributed by atoms with E-state index >= 15 is 0 Å². The second kappa shape index (κ2) is 13.6. The highest BCUT2D eigenvalue weighted by molar-refractivity contribution is 14.1. The number of amides is 2. The summed E-state index contributed by atoms with van der Waals surface area (Å²) in [4.78, 5) is 35.2. The van der Waals surface area contributed by atoms with Crippen molar-refractivity contribution in [2.45, 2.75) is 28.1 Å². The highest BCUT2D eigenvalue weighted by Crippen LogP contribution is 2.32. The van der Waals surface area contributed by atoms with E-state index in [1.54, 1.807) is 24.4 Å². The number of nitrogens with zero attached hydrogens (tertiary/aromatic N) is 3. The van der Waals surface area contributed by atoms with E-state index in [0.717, 1.165) is 52.7 Å². The smallest absolute Gasteiger partial charge is 0.259 e. The predicted molar refractivity (Wildman–Crippen MR) is 175 cm³/mol. The minimum Gasteiger partial charge on any atom is -0.376 e. The topological polar surface area (TPSA) is 101 Å². The lowest BCUT2D eigenvalue weighted by atomic mass is 10.0. The van der Waals surface area contributed by atoms with Crippen molar-refractivity contribution in [3.05, 3.63) is 82.5 Å². The lowest BCUT2D eigenvalue weighted by molar-refractivity contribution is 0.102. The molecule has 204 valence electrons. The van der Waals surface area contributed by atoms with E-state index in [0.29, 0.717) is 32.9 Å². The Morgan fingerprint density at radius 1 is 0.897 bits per heavy atom. The van der Waals surface area contributed by atoms with Gasteiger partial charge in [0.2, 0.25) is 0 Å². The molecule has 2 amide bonds. The summed E-state index contributed by atoms with van der Waals surface area (Å²) in [7, 11) is 3.77. The Morgan fingerprint density at radius 3 is 2.15 bits per heavy atom. The summed E-state index contributed by atoms with van der Waals surface area (Å²) in [5, 5.41) is 14.4. The van der Waals surface area contributed by atoms with Crippen molar-refractivity contribution in [2.75, 3.05) is 42.7 Å². The highest BCUT2D eigenvalue weighted by Gasteiger charge is 2.22. The summed E-state index contributed by atoms with van der Waals surface area (Å²) in [5.41, 5.74) is 4.82. The van der Waals surface area contributed by atoms with Gasteiger partial charge in [-0.25, -0.2) is 4.98 Å². The van der Waals surface area contributed by atoms with Gasteiger partial charge in [-0.1, -0.05) is 63.4 Å². The second-order valence-corrected chi connectivity index (χ2v) is 11.2. The number of anilines is 3. The number of pyridine rings is 1. The van der Waals surface area contributed by atoms with Gasteiger partial charge in [0, 0.05) is 53.4 Å². The Bertz CT molecular complexity index is 1340. The lowest BCUT2D eigenvalue weighted by Gasteiger charge is -2.29. The lowest BCUT2D eigenvalue weighted by Crippen LogP contribution is -2.35. The number of nitrogens with one attached hydrogen (secondary N) is 3. The molecule has 39 heavy (non-hydrogen) atoms. The summed E-state index contributed by atoms with van der Waals surface area (Å²) < 4.78 is 1.54. The van der Waals surface area contributed by atoms with Gasteiger partial charge in [0.15, 0.2) is 0 Å². The van der Waals surface area contributed by atoms with Gasteiger partial charge in [-0.05, 0) is 60.7 Å². The quantitative estimate of drug-likeness (QED) is 0.108. The van der Waals surface area contributed by atoms with E-state index in [1.165, 1.54) is 6.42 Å². The summed E-state index contributed by atoms with van der Waals surface area (Å²) in [5.74, 6) is 0.268. The third-order valence-electron chi connectivity index (χ3n) is 6.61. The van der Waals surface area contributed by atoms with Gasteiger partial charge in [0.05, 0.1) is 16.9 Å². The zero-order valence-electron chi connectivity index (χ0n) is 22.1. The molecule has 0 aliphatic carbocycles. The van der Waals surface area contributed by atoms with Crippen molar-refractivity contribution in [2.24, 2.45) is 0 Å². The number of carbonyl (C=O) groups excluding carboxylic acids is 2. The fourth-order valence-corrected chi connectivity index (χ4v) is 5.34. The van der Waals surface area contributed by atoms with Crippen LogP contribution in [0.3, 0.4) is 0 Å². The molecule has 1 aliphatic rings. The average molecular weight is 750 g/mol. The molecule has 0 unspecified atom stereocenters. The number of hydrogen-bond donors (Lipinski definition) is 3. The highest BCUT2D eigenvalue weighted by atomic mass is 127. The first-order valence-corrected chi connectivity index (χ1v) is 15.8. The Balaban J connectivity index is 1.60. The van der Waals surface area contributed by atoms with Crippen molar-refractivity contribution in [3.8, 4) is 0 Å². The molecule has 0 spiro atoms. The first kappa shape index (κ1) is 29.2. The SMILES string of the molecule is CN(C)c1cc(CI)cc(C(=O)Nc2ccc(CI)cn2)c1NC(=O)c1ccc(C(=N)N2CCCCC2)cc1. The Hall–Kier alpha value is -2.74. The van der Waals surface area contributed by atoms with Crippen LogP contribution >= 0.6 is 45.2 Å². The molecule has 2 aromatic carbocycles. The summed E-state index contributed by atoms with van der Waals surface area (Å²) in [6, 6.07) is 14.6. The maximum atomic E-state index is 13.5. The van der Waals surface area contributed by atoms with Crippen molar-refractivity contribution >= 4 is 80.0 Å². The average Bonchev–Trinajstić information content (AvgIpc) is 2.97. The van der Waals surface area contributed by atoms with Crippen LogP contribution in [0.5, 0.6) is 0 Å². The molecule has 2 heterocycles. The number of amidine groups is 1. The number of rotatable bonds is 8. The molecule has 0 atom stereocenters. The van der Waals surface area contributed by atoms with Crippen LogP contribution < -0.4 is 15.5 Å². The van der Waals surface area contributed by atoms with Gasteiger partial charge in [0.25, 0.3) is 11.8 Å². The Labute approximate surface area is 256 Å². The molecule has 3 aromatic rings. The van der Waals surface area contributed by atoms with E-state index in [1.807, 2.05) is 49.3 Å². The number of aromatic nitrogens is 1. The number of piperidine rings is 1. The maximum absolute atomic E-state index is 13.5. The number of benzene rings is 2. The third kappa shape index (κ3) is 7.27. The molecular formula is C29H32I2N6O2.